The van der Waals surface area contributed by atoms with E-state index in [4.69, 9.17) is 4.74 Å². The summed E-state index contributed by atoms with van der Waals surface area (Å²) in [7, 11) is 1.15. The van der Waals surface area contributed by atoms with Crippen LogP contribution in [-0.2, 0) is 25.8 Å². The maximum Gasteiger partial charge on any atom is 2.00 e. The molecule has 0 atom stereocenters. The maximum atomic E-state index is 5.26. The van der Waals surface area contributed by atoms with Crippen LogP contribution in [0.5, 0.6) is 0 Å². The second kappa shape index (κ2) is 9.61. The van der Waals surface area contributed by atoms with Gasteiger partial charge in [-0.1, -0.05) is 6.42 Å². The predicted molar refractivity (Wildman–Crippen MR) is 42.9 cm³/mol. The number of hydrogen-bond acceptors (Lipinski definition) is 1. The van der Waals surface area contributed by atoms with Crippen LogP contribution < -0.4 is 0 Å². The summed E-state index contributed by atoms with van der Waals surface area (Å²) in [4.78, 5) is 0. The van der Waals surface area contributed by atoms with Gasteiger partial charge >= 0.3 is 21.1 Å². The van der Waals surface area contributed by atoms with Gasteiger partial charge in [0, 0.05) is 6.61 Å². The van der Waals surface area contributed by atoms with Crippen LogP contribution in [0.3, 0.4) is 0 Å². The molecule has 1 nitrogen and oxygen atoms in total. The zero-order valence-electron chi connectivity index (χ0n) is 6.34. The van der Waals surface area contributed by atoms with Crippen molar-refractivity contribution in [3.8, 4) is 0 Å². The summed E-state index contributed by atoms with van der Waals surface area (Å²) in [5, 5.41) is 0. The molecule has 0 radical (unpaired) electrons. The molecule has 1 rings (SSSR count). The molecule has 0 bridgehead atoms. The average molecular weight is 337 g/mol. The molecule has 1 fully saturated rings. The van der Waals surface area contributed by atoms with E-state index in [1.807, 2.05) is 0 Å². The third-order valence-electron chi connectivity index (χ3n) is 1.27. The molecular weight excluding hydrogens is 323 g/mol. The number of ether oxygens (including phenoxy) is 1. The topological polar surface area (TPSA) is 9.23 Å². The molecule has 0 N–H and O–H groups in total. The molecule has 1 heterocycles. The number of rotatable bonds is 0. The van der Waals surface area contributed by atoms with Crippen molar-refractivity contribution in [2.24, 2.45) is 0 Å². The predicted octanol–water partition coefficient (Wildman–Crippen LogP) is 0.645. The molecule has 0 aromatic rings. The molecule has 0 aliphatic carbocycles. The van der Waals surface area contributed by atoms with E-state index in [1.54, 1.807) is 0 Å². The Morgan fingerprint density at radius 1 is 1.40 bits per heavy atom. The van der Waals surface area contributed by atoms with Crippen LogP contribution >= 0.6 is 0 Å². The average Bonchev–Trinajstić information content (AvgIpc) is 1.94. The SMILES string of the molecule is [CH-]=C.[Pt+2].[SiH3][C-]1CCCCO1. The molecule has 62 valence electrons. The molecule has 0 aromatic heterocycles. The van der Waals surface area contributed by atoms with Crippen molar-refractivity contribution in [2.75, 3.05) is 6.61 Å². The fraction of sp³-hybridized carbons (Fsp3) is 0.571. The summed E-state index contributed by atoms with van der Waals surface area (Å²) in [6.45, 7) is 7.98. The summed E-state index contributed by atoms with van der Waals surface area (Å²) >= 11 is 0. The first kappa shape index (κ1) is 13.2. The Balaban J connectivity index is 0. The molecule has 0 aromatic carbocycles. The monoisotopic (exact) mass is 337 g/mol. The standard InChI is InChI=1S/C5H11OSi.C2H3.Pt/c7-5-3-1-2-4-6-5;1-2;/h1-4H2,7H3;1H,2H2;/q2*-1;+2. The normalized spacial score (nSPS) is 18.4. The molecule has 1 saturated heterocycles. The van der Waals surface area contributed by atoms with Gasteiger partial charge in [0.25, 0.3) is 0 Å². The quantitative estimate of drug-likeness (QED) is 0.466. The van der Waals surface area contributed by atoms with E-state index < -0.39 is 0 Å². The van der Waals surface area contributed by atoms with Gasteiger partial charge in [0.05, 0.1) is 0 Å². The van der Waals surface area contributed by atoms with Gasteiger partial charge < -0.3 is 11.3 Å². The van der Waals surface area contributed by atoms with Gasteiger partial charge in [0.2, 0.25) is 0 Å². The first-order valence-electron chi connectivity index (χ1n) is 3.25. The number of hydrogen-bond donors (Lipinski definition) is 0. The van der Waals surface area contributed by atoms with E-state index in [-0.39, 0.29) is 21.1 Å². The molecule has 0 amide bonds. The third-order valence-corrected chi connectivity index (χ3v) is 2.06. The molecular formula is C7H14OPtSi. The summed E-state index contributed by atoms with van der Waals surface area (Å²) < 4.78 is 5.26. The van der Waals surface area contributed by atoms with Crippen LogP contribution in [0, 0.1) is 12.3 Å². The van der Waals surface area contributed by atoms with Gasteiger partial charge in [-0.05, 0) is 6.42 Å². The van der Waals surface area contributed by atoms with Crippen LogP contribution in [0.15, 0.2) is 6.58 Å². The molecule has 0 spiro atoms. The van der Waals surface area contributed by atoms with Crippen LogP contribution in [0.4, 0.5) is 0 Å². The van der Waals surface area contributed by atoms with E-state index in [2.05, 4.69) is 13.2 Å². The summed E-state index contributed by atoms with van der Waals surface area (Å²) in [5.74, 6) is 0. The van der Waals surface area contributed by atoms with Crippen LogP contribution in [-0.4, -0.2) is 16.8 Å². The Morgan fingerprint density at radius 3 is 2.20 bits per heavy atom. The van der Waals surface area contributed by atoms with Gasteiger partial charge in [-0.15, -0.1) is 10.2 Å². The maximum absolute atomic E-state index is 5.26. The second-order valence-corrected chi connectivity index (χ2v) is 3.12. The van der Waals surface area contributed by atoms with Crippen molar-refractivity contribution in [3.63, 3.8) is 0 Å². The summed E-state index contributed by atoms with van der Waals surface area (Å²) in [6, 6.07) is 0. The fourth-order valence-corrected chi connectivity index (χ4v) is 1.35. The zero-order valence-corrected chi connectivity index (χ0v) is 10.6. The molecule has 1 aliphatic rings. The largest absolute Gasteiger partial charge is 2.00 e. The van der Waals surface area contributed by atoms with Crippen molar-refractivity contribution in [2.45, 2.75) is 19.3 Å². The van der Waals surface area contributed by atoms with E-state index in [1.165, 1.54) is 25.0 Å². The summed E-state index contributed by atoms with van der Waals surface area (Å²) in [6.07, 6.45) is 3.87. The Labute approximate surface area is 80.9 Å². The van der Waals surface area contributed by atoms with Gasteiger partial charge in [-0.3, -0.25) is 6.58 Å². The molecule has 0 saturated carbocycles. The second-order valence-electron chi connectivity index (χ2n) is 2.01. The Bertz CT molecular complexity index is 64.6. The van der Waals surface area contributed by atoms with Crippen LogP contribution in [0.1, 0.15) is 19.3 Å². The van der Waals surface area contributed by atoms with Crippen molar-refractivity contribution >= 4 is 10.2 Å². The smallest absolute Gasteiger partial charge is 0.551 e. The van der Waals surface area contributed by atoms with E-state index in [0.29, 0.717) is 0 Å². The van der Waals surface area contributed by atoms with Gasteiger partial charge in [0.15, 0.2) is 0 Å². The minimum atomic E-state index is 0. The first-order valence-corrected chi connectivity index (χ1v) is 4.25. The van der Waals surface area contributed by atoms with Gasteiger partial charge in [-0.2, -0.15) is 6.42 Å². The summed E-state index contributed by atoms with van der Waals surface area (Å²) in [5.41, 5.74) is 1.35. The van der Waals surface area contributed by atoms with Crippen molar-refractivity contribution in [3.05, 3.63) is 18.9 Å². The Kier molecular flexibility index (Phi) is 12.7. The van der Waals surface area contributed by atoms with Crippen LogP contribution in [0.25, 0.3) is 0 Å². The van der Waals surface area contributed by atoms with Gasteiger partial charge in [0.1, 0.15) is 0 Å². The molecule has 3 heteroatoms. The van der Waals surface area contributed by atoms with Crippen molar-refractivity contribution in [1.82, 2.24) is 0 Å². The van der Waals surface area contributed by atoms with E-state index in [9.17, 15) is 0 Å². The minimum Gasteiger partial charge on any atom is -0.551 e. The zero-order chi connectivity index (χ0) is 7.11. The van der Waals surface area contributed by atoms with E-state index >= 15 is 0 Å². The minimum absolute atomic E-state index is 0. The Morgan fingerprint density at radius 2 is 2.00 bits per heavy atom. The van der Waals surface area contributed by atoms with E-state index in [0.717, 1.165) is 16.8 Å². The van der Waals surface area contributed by atoms with Crippen molar-refractivity contribution in [1.29, 1.82) is 0 Å². The van der Waals surface area contributed by atoms with Crippen LogP contribution in [0.2, 0.25) is 0 Å². The molecule has 10 heavy (non-hydrogen) atoms. The first-order chi connectivity index (χ1) is 4.39. The molecule has 1 aliphatic heterocycles. The third kappa shape index (κ3) is 6.72. The molecule has 0 unspecified atom stereocenters. The van der Waals surface area contributed by atoms with Gasteiger partial charge in [-0.25, -0.2) is 5.73 Å². The fourth-order valence-electron chi connectivity index (χ4n) is 0.795. The Hall–Kier alpha value is 0.605. The van der Waals surface area contributed by atoms with Crippen molar-refractivity contribution < 1.29 is 25.8 Å².